The maximum atomic E-state index is 10.2. The van der Waals surface area contributed by atoms with Crippen LogP contribution in [0.1, 0.15) is 56.6 Å². The topological polar surface area (TPSA) is 77.0 Å². The van der Waals surface area contributed by atoms with Crippen molar-refractivity contribution in [3.63, 3.8) is 0 Å². The van der Waals surface area contributed by atoms with Gasteiger partial charge in [0.15, 0.2) is 11.5 Å². The van der Waals surface area contributed by atoms with Gasteiger partial charge in [0.05, 0.1) is 12.8 Å². The van der Waals surface area contributed by atoms with Gasteiger partial charge in [0.1, 0.15) is 5.75 Å². The number of fused-ring (bicyclic) bond motifs is 1. The van der Waals surface area contributed by atoms with E-state index in [1.54, 1.807) is 13.2 Å². The van der Waals surface area contributed by atoms with Crippen LogP contribution < -0.4 is 15.5 Å². The number of methoxy groups -OCH3 is 1. The molecule has 32 heavy (non-hydrogen) atoms. The third kappa shape index (κ3) is 6.53. The number of para-hydroxylation sites is 2. The predicted octanol–water partition coefficient (Wildman–Crippen LogP) is 4.85. The van der Waals surface area contributed by atoms with Gasteiger partial charge in [-0.05, 0) is 49.4 Å². The zero-order valence-electron chi connectivity index (χ0n) is 19.6. The first-order valence-corrected chi connectivity index (χ1v) is 12.0. The number of anilines is 1. The van der Waals surface area contributed by atoms with E-state index in [1.165, 1.54) is 32.1 Å². The summed E-state index contributed by atoms with van der Waals surface area (Å²) in [6, 6.07) is 11.9. The highest BCUT2D eigenvalue weighted by Gasteiger charge is 2.26. The Morgan fingerprint density at radius 1 is 1.03 bits per heavy atom. The summed E-state index contributed by atoms with van der Waals surface area (Å²) in [5.41, 5.74) is 6.71. The van der Waals surface area contributed by atoms with Gasteiger partial charge in [-0.25, -0.2) is 5.01 Å². The lowest BCUT2D eigenvalue weighted by Gasteiger charge is -2.36. The SMILES string of the molecule is CCCCCCCN(NCCNc1ccccc1OC)C1CCc2c(ccc(O)c2O)C1. The molecular formula is C26H39N3O3. The second-order valence-corrected chi connectivity index (χ2v) is 8.61. The van der Waals surface area contributed by atoms with Gasteiger partial charge in [-0.3, -0.25) is 5.43 Å². The molecule has 0 saturated carbocycles. The number of rotatable bonds is 13. The molecule has 2 aromatic carbocycles. The van der Waals surface area contributed by atoms with Crippen LogP contribution in [-0.2, 0) is 12.8 Å². The lowest BCUT2D eigenvalue weighted by atomic mass is 9.87. The summed E-state index contributed by atoms with van der Waals surface area (Å²) in [5, 5.41) is 25.9. The van der Waals surface area contributed by atoms with Crippen LogP contribution in [-0.4, -0.2) is 48.0 Å². The monoisotopic (exact) mass is 441 g/mol. The first kappa shape index (κ1) is 24.2. The van der Waals surface area contributed by atoms with Gasteiger partial charge < -0.3 is 20.3 Å². The lowest BCUT2D eigenvalue weighted by Crippen LogP contribution is -2.49. The van der Waals surface area contributed by atoms with Crippen molar-refractivity contribution in [2.45, 2.75) is 64.3 Å². The van der Waals surface area contributed by atoms with Crippen LogP contribution >= 0.6 is 0 Å². The first-order valence-electron chi connectivity index (χ1n) is 12.0. The molecule has 4 N–H and O–H groups in total. The number of unbranched alkanes of at least 4 members (excludes halogenated alkanes) is 4. The number of aromatic hydroxyl groups is 2. The van der Waals surface area contributed by atoms with E-state index in [-0.39, 0.29) is 11.5 Å². The Morgan fingerprint density at radius 2 is 1.84 bits per heavy atom. The van der Waals surface area contributed by atoms with Crippen LogP contribution in [0.2, 0.25) is 0 Å². The highest BCUT2D eigenvalue weighted by atomic mass is 16.5. The third-order valence-electron chi connectivity index (χ3n) is 6.35. The maximum Gasteiger partial charge on any atom is 0.160 e. The fourth-order valence-electron chi connectivity index (χ4n) is 4.53. The molecule has 1 aliphatic carbocycles. The number of hydrazine groups is 1. The summed E-state index contributed by atoms with van der Waals surface area (Å²) >= 11 is 0. The van der Waals surface area contributed by atoms with E-state index < -0.39 is 0 Å². The molecule has 176 valence electrons. The number of nitrogens with zero attached hydrogens (tertiary/aromatic N) is 1. The Kier molecular flexibility index (Phi) is 9.50. The Labute approximate surface area is 192 Å². The molecule has 1 unspecified atom stereocenters. The molecule has 0 saturated heterocycles. The van der Waals surface area contributed by atoms with E-state index in [0.717, 1.165) is 61.5 Å². The molecule has 1 atom stereocenters. The summed E-state index contributed by atoms with van der Waals surface area (Å²) in [5.74, 6) is 0.892. The molecule has 0 amide bonds. The van der Waals surface area contributed by atoms with Gasteiger partial charge >= 0.3 is 0 Å². The second kappa shape index (κ2) is 12.6. The molecule has 0 aliphatic heterocycles. The van der Waals surface area contributed by atoms with E-state index >= 15 is 0 Å². The number of hydrogen-bond donors (Lipinski definition) is 4. The number of phenols is 2. The van der Waals surface area contributed by atoms with Crippen LogP contribution in [0.15, 0.2) is 36.4 Å². The van der Waals surface area contributed by atoms with E-state index in [0.29, 0.717) is 6.04 Å². The van der Waals surface area contributed by atoms with Crippen LogP contribution in [0, 0.1) is 0 Å². The Bertz CT molecular complexity index is 843. The smallest absolute Gasteiger partial charge is 0.160 e. The molecule has 3 rings (SSSR count). The number of phenolic OH excluding ortho intramolecular Hbond substituents is 2. The van der Waals surface area contributed by atoms with Crippen molar-refractivity contribution in [1.29, 1.82) is 0 Å². The Balaban J connectivity index is 1.57. The molecule has 0 heterocycles. The van der Waals surface area contributed by atoms with Crippen LogP contribution in [0.3, 0.4) is 0 Å². The van der Waals surface area contributed by atoms with Crippen LogP contribution in [0.4, 0.5) is 5.69 Å². The normalized spacial score (nSPS) is 15.5. The number of nitrogens with one attached hydrogen (secondary N) is 2. The van der Waals surface area contributed by atoms with Crippen molar-refractivity contribution in [1.82, 2.24) is 10.4 Å². The molecular weight excluding hydrogens is 402 g/mol. The number of benzene rings is 2. The zero-order chi connectivity index (χ0) is 22.8. The number of hydrogen-bond acceptors (Lipinski definition) is 6. The van der Waals surface area contributed by atoms with Crippen molar-refractivity contribution < 1.29 is 14.9 Å². The van der Waals surface area contributed by atoms with E-state index in [2.05, 4.69) is 22.7 Å². The van der Waals surface area contributed by atoms with Crippen molar-refractivity contribution in [3.05, 3.63) is 47.5 Å². The van der Waals surface area contributed by atoms with E-state index in [4.69, 9.17) is 4.74 Å². The predicted molar refractivity (Wildman–Crippen MR) is 131 cm³/mol. The minimum atomic E-state index is -0.0180. The highest BCUT2D eigenvalue weighted by molar-refractivity contribution is 5.56. The van der Waals surface area contributed by atoms with Crippen molar-refractivity contribution in [2.75, 3.05) is 32.1 Å². The largest absolute Gasteiger partial charge is 0.504 e. The summed E-state index contributed by atoms with van der Waals surface area (Å²) in [6.07, 6.45) is 8.91. The van der Waals surface area contributed by atoms with E-state index in [9.17, 15) is 10.2 Å². The Morgan fingerprint density at radius 3 is 2.66 bits per heavy atom. The van der Waals surface area contributed by atoms with Crippen molar-refractivity contribution in [2.24, 2.45) is 0 Å². The summed E-state index contributed by atoms with van der Waals surface area (Å²) < 4.78 is 5.42. The van der Waals surface area contributed by atoms with Gasteiger partial charge in [0, 0.05) is 31.2 Å². The molecule has 2 aromatic rings. The third-order valence-corrected chi connectivity index (χ3v) is 6.35. The van der Waals surface area contributed by atoms with Gasteiger partial charge in [-0.1, -0.05) is 50.8 Å². The van der Waals surface area contributed by atoms with Gasteiger partial charge in [-0.15, -0.1) is 0 Å². The zero-order valence-corrected chi connectivity index (χ0v) is 19.6. The minimum absolute atomic E-state index is 0.0180. The minimum Gasteiger partial charge on any atom is -0.504 e. The van der Waals surface area contributed by atoms with Gasteiger partial charge in [0.2, 0.25) is 0 Å². The molecule has 6 nitrogen and oxygen atoms in total. The van der Waals surface area contributed by atoms with Crippen molar-refractivity contribution in [3.8, 4) is 17.2 Å². The van der Waals surface area contributed by atoms with Crippen LogP contribution in [0.25, 0.3) is 0 Å². The quantitative estimate of drug-likeness (QED) is 0.202. The highest BCUT2D eigenvalue weighted by Crippen LogP contribution is 2.36. The molecule has 0 spiro atoms. The summed E-state index contributed by atoms with van der Waals surface area (Å²) in [7, 11) is 1.69. The molecule has 0 radical (unpaired) electrons. The average molecular weight is 442 g/mol. The average Bonchev–Trinajstić information content (AvgIpc) is 2.82. The maximum absolute atomic E-state index is 10.2. The van der Waals surface area contributed by atoms with Gasteiger partial charge in [0.25, 0.3) is 0 Å². The van der Waals surface area contributed by atoms with Crippen LogP contribution in [0.5, 0.6) is 17.2 Å². The fraction of sp³-hybridized carbons (Fsp3) is 0.538. The Hall–Kier alpha value is -2.44. The second-order valence-electron chi connectivity index (χ2n) is 8.61. The molecule has 0 fully saturated rings. The van der Waals surface area contributed by atoms with E-state index in [1.807, 2.05) is 30.3 Å². The molecule has 1 aliphatic rings. The van der Waals surface area contributed by atoms with Gasteiger partial charge in [-0.2, -0.15) is 0 Å². The standard InChI is InChI=1S/C26H39N3O3/c1-3-4-5-6-9-18-29(28-17-16-27-23-10-7-8-11-25(23)32-2)21-13-14-22-20(19-21)12-15-24(30)26(22)31/h7-8,10-12,15,21,27-28,30-31H,3-6,9,13-14,16-19H2,1-2H3. The number of ether oxygens (including phenoxy) is 1. The van der Waals surface area contributed by atoms with Crippen molar-refractivity contribution >= 4 is 5.69 Å². The fourth-order valence-corrected chi connectivity index (χ4v) is 4.53. The summed E-state index contributed by atoms with van der Waals surface area (Å²) in [4.78, 5) is 0. The lowest BCUT2D eigenvalue weighted by molar-refractivity contribution is 0.111. The molecule has 6 heteroatoms. The first-order chi connectivity index (χ1) is 15.6. The molecule has 0 aromatic heterocycles. The summed E-state index contributed by atoms with van der Waals surface area (Å²) in [6.45, 7) is 4.87. The molecule has 0 bridgehead atoms.